The van der Waals surface area contributed by atoms with Gasteiger partial charge in [-0.3, -0.25) is 0 Å². The molecule has 21 heavy (non-hydrogen) atoms. The molecule has 1 N–H and O–H groups in total. The van der Waals surface area contributed by atoms with Crippen LogP contribution < -0.4 is 5.32 Å². The van der Waals surface area contributed by atoms with Crippen molar-refractivity contribution in [1.29, 1.82) is 0 Å². The van der Waals surface area contributed by atoms with Crippen molar-refractivity contribution in [3.05, 3.63) is 27.1 Å². The van der Waals surface area contributed by atoms with Crippen molar-refractivity contribution in [2.45, 2.75) is 51.5 Å². The van der Waals surface area contributed by atoms with Crippen molar-refractivity contribution in [2.75, 3.05) is 5.32 Å². The largest absolute Gasteiger partial charge is 0.380 e. The van der Waals surface area contributed by atoms with Crippen LogP contribution in [0.15, 0.2) is 27.1 Å². The van der Waals surface area contributed by atoms with Crippen LogP contribution in [-0.2, 0) is 0 Å². The fraction of sp³-hybridized carbons (Fsp3) is 0.667. The monoisotopic (exact) mass is 411 g/mol. The normalized spacial score (nSPS) is 38.5. The summed E-state index contributed by atoms with van der Waals surface area (Å²) in [6.45, 7) is 2.42. The Balaban J connectivity index is 1.59. The Kier molecular flexibility index (Phi) is 3.65. The van der Waals surface area contributed by atoms with Gasteiger partial charge in [0.15, 0.2) is 0 Å². The Morgan fingerprint density at radius 2 is 1.48 bits per heavy atom. The van der Waals surface area contributed by atoms with Crippen LogP contribution in [0.25, 0.3) is 0 Å². The van der Waals surface area contributed by atoms with Crippen LogP contribution in [-0.4, -0.2) is 6.04 Å². The van der Waals surface area contributed by atoms with E-state index in [-0.39, 0.29) is 0 Å². The zero-order chi connectivity index (χ0) is 14.6. The summed E-state index contributed by atoms with van der Waals surface area (Å²) in [5.41, 5.74) is 1.77. The summed E-state index contributed by atoms with van der Waals surface area (Å²) in [5, 5.41) is 3.84. The van der Waals surface area contributed by atoms with Gasteiger partial charge in [-0.2, -0.15) is 0 Å². The van der Waals surface area contributed by atoms with Gasteiger partial charge in [0.2, 0.25) is 0 Å². The smallest absolute Gasteiger partial charge is 0.0631 e. The van der Waals surface area contributed by atoms with Crippen molar-refractivity contribution >= 4 is 37.5 Å². The molecule has 1 aromatic rings. The molecule has 0 spiro atoms. The van der Waals surface area contributed by atoms with Gasteiger partial charge in [-0.15, -0.1) is 0 Å². The quantitative estimate of drug-likeness (QED) is 0.620. The summed E-state index contributed by atoms with van der Waals surface area (Å²) < 4.78 is 2.32. The van der Waals surface area contributed by atoms with Crippen LogP contribution in [0.1, 0.15) is 45.4 Å². The summed E-state index contributed by atoms with van der Waals surface area (Å²) in [7, 11) is 0. The Labute approximate surface area is 144 Å². The second kappa shape index (κ2) is 5.26. The molecular weight excluding hydrogens is 390 g/mol. The van der Waals surface area contributed by atoms with Gasteiger partial charge < -0.3 is 5.32 Å². The van der Waals surface area contributed by atoms with Gasteiger partial charge in [0, 0.05) is 15.0 Å². The number of anilines is 1. The zero-order valence-corrected chi connectivity index (χ0v) is 15.7. The molecule has 4 saturated carbocycles. The second-order valence-electron chi connectivity index (χ2n) is 7.74. The third kappa shape index (κ3) is 2.49. The fourth-order valence-corrected chi connectivity index (χ4v) is 6.94. The third-order valence-corrected chi connectivity index (χ3v) is 7.65. The van der Waals surface area contributed by atoms with E-state index in [1.807, 2.05) is 0 Å². The van der Waals surface area contributed by atoms with Gasteiger partial charge in [0.05, 0.1) is 5.69 Å². The number of halogens is 2. The van der Waals surface area contributed by atoms with Crippen LogP contribution in [0.4, 0.5) is 5.69 Å². The minimum absolute atomic E-state index is 0.545. The lowest BCUT2D eigenvalue weighted by atomic mass is 9.48. The average Bonchev–Trinajstić information content (AvgIpc) is 2.41. The Morgan fingerprint density at radius 1 is 1.00 bits per heavy atom. The molecule has 5 rings (SSSR count). The van der Waals surface area contributed by atoms with E-state index in [4.69, 9.17) is 0 Å². The van der Waals surface area contributed by atoms with Crippen LogP contribution in [0.2, 0.25) is 0 Å². The molecule has 114 valence electrons. The molecule has 0 aliphatic heterocycles. The summed E-state index contributed by atoms with van der Waals surface area (Å²) in [4.78, 5) is 0. The molecule has 0 saturated heterocycles. The summed E-state index contributed by atoms with van der Waals surface area (Å²) in [6.07, 6.45) is 8.92. The number of benzene rings is 1. The Morgan fingerprint density at radius 3 is 1.95 bits per heavy atom. The van der Waals surface area contributed by atoms with Gasteiger partial charge in [-0.1, -0.05) is 6.07 Å². The topological polar surface area (TPSA) is 12.0 Å². The van der Waals surface area contributed by atoms with Gasteiger partial charge in [-0.25, -0.2) is 0 Å². The summed E-state index contributed by atoms with van der Waals surface area (Å²) >= 11 is 7.39. The van der Waals surface area contributed by atoms with Gasteiger partial charge >= 0.3 is 0 Å². The lowest BCUT2D eigenvalue weighted by Crippen LogP contribution is -2.52. The zero-order valence-electron chi connectivity index (χ0n) is 12.5. The number of para-hydroxylation sites is 1. The minimum Gasteiger partial charge on any atom is -0.380 e. The lowest BCUT2D eigenvalue weighted by Gasteiger charge is -2.59. The molecule has 1 nitrogen and oxygen atoms in total. The highest BCUT2D eigenvalue weighted by Crippen LogP contribution is 2.61. The first-order chi connectivity index (χ1) is 10.1. The van der Waals surface area contributed by atoms with Crippen LogP contribution in [0, 0.1) is 23.2 Å². The summed E-state index contributed by atoms with van der Waals surface area (Å²) in [5.74, 6) is 3.05. The van der Waals surface area contributed by atoms with E-state index < -0.39 is 0 Å². The van der Waals surface area contributed by atoms with Crippen LogP contribution in [0.3, 0.4) is 0 Å². The molecule has 4 aliphatic rings. The Hall–Kier alpha value is -0.0200. The van der Waals surface area contributed by atoms with E-state index in [0.29, 0.717) is 11.5 Å². The first-order valence-electron chi connectivity index (χ1n) is 8.26. The third-order valence-electron chi connectivity index (χ3n) is 6.33. The van der Waals surface area contributed by atoms with E-state index in [0.717, 1.165) is 26.7 Å². The van der Waals surface area contributed by atoms with E-state index in [9.17, 15) is 0 Å². The van der Waals surface area contributed by atoms with E-state index >= 15 is 0 Å². The van der Waals surface area contributed by atoms with Crippen LogP contribution in [0.5, 0.6) is 0 Å². The Bertz CT molecular complexity index is 499. The van der Waals surface area contributed by atoms with Crippen molar-refractivity contribution in [1.82, 2.24) is 0 Å². The predicted octanol–water partition coefficient (Wildman–Crippen LogP) is 6.23. The molecule has 4 fully saturated rings. The van der Waals surface area contributed by atoms with Gasteiger partial charge in [0.25, 0.3) is 0 Å². The fourth-order valence-electron chi connectivity index (χ4n) is 5.71. The standard InChI is InChI=1S/C18H23Br2N/c1-11(21-17-15(19)3-2-4-16(17)20)18-8-12-5-13(9-18)7-14(6-12)10-18/h2-4,11-14,21H,5-10H2,1H3. The molecular formula is C18H23Br2N. The van der Waals surface area contributed by atoms with Crippen molar-refractivity contribution in [2.24, 2.45) is 23.2 Å². The molecule has 1 unspecified atom stereocenters. The predicted molar refractivity (Wildman–Crippen MR) is 95.5 cm³/mol. The molecule has 4 aliphatic carbocycles. The highest BCUT2D eigenvalue weighted by molar-refractivity contribution is 9.11. The van der Waals surface area contributed by atoms with Crippen molar-refractivity contribution < 1.29 is 0 Å². The SMILES string of the molecule is CC(Nc1c(Br)cccc1Br)C12CC3CC(CC(C3)C1)C2. The maximum Gasteiger partial charge on any atom is 0.0631 e. The molecule has 0 amide bonds. The second-order valence-corrected chi connectivity index (χ2v) is 9.45. The number of hydrogen-bond acceptors (Lipinski definition) is 1. The van der Waals surface area contributed by atoms with Gasteiger partial charge in [-0.05, 0) is 113 Å². The highest BCUT2D eigenvalue weighted by Gasteiger charge is 2.53. The number of hydrogen-bond donors (Lipinski definition) is 1. The molecule has 3 heteroatoms. The number of nitrogens with one attached hydrogen (secondary N) is 1. The van der Waals surface area contributed by atoms with Crippen molar-refractivity contribution in [3.63, 3.8) is 0 Å². The van der Waals surface area contributed by atoms with Gasteiger partial charge in [0.1, 0.15) is 0 Å². The maximum atomic E-state index is 3.84. The minimum atomic E-state index is 0.545. The molecule has 0 heterocycles. The van der Waals surface area contributed by atoms with Crippen LogP contribution >= 0.6 is 31.9 Å². The highest BCUT2D eigenvalue weighted by atomic mass is 79.9. The first-order valence-corrected chi connectivity index (χ1v) is 9.85. The van der Waals surface area contributed by atoms with E-state index in [1.54, 1.807) is 0 Å². The molecule has 1 aromatic carbocycles. The average molecular weight is 413 g/mol. The maximum absolute atomic E-state index is 3.84. The van der Waals surface area contributed by atoms with E-state index in [1.165, 1.54) is 44.2 Å². The molecule has 1 atom stereocenters. The first kappa shape index (κ1) is 14.6. The number of rotatable bonds is 3. The lowest BCUT2D eigenvalue weighted by molar-refractivity contribution is -0.0602. The molecule has 0 radical (unpaired) electrons. The molecule has 4 bridgehead atoms. The molecule has 0 aromatic heterocycles. The van der Waals surface area contributed by atoms with Crippen molar-refractivity contribution in [3.8, 4) is 0 Å². The van der Waals surface area contributed by atoms with E-state index in [2.05, 4.69) is 62.3 Å². The summed E-state index contributed by atoms with van der Waals surface area (Å²) in [6, 6.07) is 6.88.